The molecule has 0 amide bonds. The van der Waals surface area contributed by atoms with Crippen molar-refractivity contribution in [2.45, 2.75) is 25.3 Å². The molecular formula is C7H16N2. The molecule has 1 saturated carbocycles. The summed E-state index contributed by atoms with van der Waals surface area (Å²) in [7, 11) is 2.19. The number of nitrogens with two attached hydrogens (primary N) is 1. The van der Waals surface area contributed by atoms with Crippen LogP contribution < -0.4 is 5.73 Å². The highest BCUT2D eigenvalue weighted by Crippen LogP contribution is 2.24. The third-order valence-corrected chi connectivity index (χ3v) is 1.89. The van der Waals surface area contributed by atoms with Gasteiger partial charge in [-0.25, -0.2) is 0 Å². The molecule has 0 aliphatic heterocycles. The summed E-state index contributed by atoms with van der Waals surface area (Å²) in [5.74, 6) is 0. The average Bonchev–Trinajstić information content (AvgIpc) is 2.63. The molecule has 0 bridgehead atoms. The molecule has 9 heavy (non-hydrogen) atoms. The van der Waals surface area contributed by atoms with Crippen LogP contribution in [-0.4, -0.2) is 31.1 Å². The van der Waals surface area contributed by atoms with E-state index in [1.807, 2.05) is 0 Å². The lowest BCUT2D eigenvalue weighted by Crippen LogP contribution is -2.23. The van der Waals surface area contributed by atoms with Gasteiger partial charge in [0.15, 0.2) is 0 Å². The first-order chi connectivity index (χ1) is 4.34. The van der Waals surface area contributed by atoms with Gasteiger partial charge < -0.3 is 10.6 Å². The lowest BCUT2D eigenvalue weighted by Gasteiger charge is -2.13. The molecule has 0 atom stereocenters. The van der Waals surface area contributed by atoms with Gasteiger partial charge in [0.1, 0.15) is 0 Å². The van der Waals surface area contributed by atoms with E-state index in [0.717, 1.165) is 19.0 Å². The molecule has 1 rings (SSSR count). The number of rotatable bonds is 4. The maximum Gasteiger partial charge on any atom is 0.00933 e. The molecule has 1 aliphatic rings. The van der Waals surface area contributed by atoms with Crippen LogP contribution in [0.25, 0.3) is 0 Å². The first-order valence-electron chi connectivity index (χ1n) is 3.75. The number of nitrogens with zero attached hydrogens (tertiary/aromatic N) is 1. The highest BCUT2D eigenvalue weighted by molar-refractivity contribution is 4.81. The van der Waals surface area contributed by atoms with Gasteiger partial charge in [-0.3, -0.25) is 0 Å². The lowest BCUT2D eigenvalue weighted by molar-refractivity contribution is 0.321. The molecule has 2 nitrogen and oxygen atoms in total. The fourth-order valence-electron chi connectivity index (χ4n) is 1.04. The normalized spacial score (nSPS) is 19.0. The summed E-state index contributed by atoms with van der Waals surface area (Å²) < 4.78 is 0. The Morgan fingerprint density at radius 1 is 1.56 bits per heavy atom. The molecule has 2 N–H and O–H groups in total. The van der Waals surface area contributed by atoms with Crippen LogP contribution in [0.5, 0.6) is 0 Å². The zero-order valence-electron chi connectivity index (χ0n) is 6.14. The van der Waals surface area contributed by atoms with E-state index in [-0.39, 0.29) is 0 Å². The molecule has 0 heterocycles. The summed E-state index contributed by atoms with van der Waals surface area (Å²) in [5, 5.41) is 0. The Morgan fingerprint density at radius 2 is 2.22 bits per heavy atom. The van der Waals surface area contributed by atoms with Crippen LogP contribution in [0.4, 0.5) is 0 Å². The van der Waals surface area contributed by atoms with Gasteiger partial charge in [-0.05, 0) is 39.4 Å². The van der Waals surface area contributed by atoms with Crippen LogP contribution in [0, 0.1) is 0 Å². The standard InChI is InChI=1S/C7H16N2/c1-9(6-2-5-8)7-3-4-7/h7H,2-6,8H2,1H3. The predicted octanol–water partition coefficient (Wildman–Crippen LogP) is 0.429. The second-order valence-corrected chi connectivity index (χ2v) is 2.85. The number of hydrogen-bond donors (Lipinski definition) is 1. The zero-order chi connectivity index (χ0) is 6.69. The van der Waals surface area contributed by atoms with E-state index in [4.69, 9.17) is 5.73 Å². The Bertz CT molecular complexity index is 79.0. The molecule has 0 aromatic heterocycles. The first-order valence-corrected chi connectivity index (χ1v) is 3.75. The van der Waals surface area contributed by atoms with Crippen molar-refractivity contribution >= 4 is 0 Å². The fraction of sp³-hybridized carbons (Fsp3) is 1.00. The third-order valence-electron chi connectivity index (χ3n) is 1.89. The van der Waals surface area contributed by atoms with Crippen LogP contribution in [0.2, 0.25) is 0 Å². The molecule has 0 saturated heterocycles. The Labute approximate surface area is 57.0 Å². The maximum atomic E-state index is 5.37. The zero-order valence-corrected chi connectivity index (χ0v) is 6.14. The second-order valence-electron chi connectivity index (χ2n) is 2.85. The lowest BCUT2D eigenvalue weighted by atomic mass is 10.4. The van der Waals surface area contributed by atoms with Crippen molar-refractivity contribution in [2.24, 2.45) is 5.73 Å². The van der Waals surface area contributed by atoms with Crippen LogP contribution in [0.15, 0.2) is 0 Å². The monoisotopic (exact) mass is 128 g/mol. The SMILES string of the molecule is CN(CCCN)C1CC1. The van der Waals surface area contributed by atoms with Gasteiger partial charge >= 0.3 is 0 Å². The molecule has 0 aromatic carbocycles. The van der Waals surface area contributed by atoms with Crippen molar-refractivity contribution in [3.63, 3.8) is 0 Å². The summed E-state index contributed by atoms with van der Waals surface area (Å²) in [4.78, 5) is 2.41. The van der Waals surface area contributed by atoms with E-state index in [1.54, 1.807) is 0 Å². The van der Waals surface area contributed by atoms with Gasteiger partial charge in [-0.15, -0.1) is 0 Å². The van der Waals surface area contributed by atoms with Gasteiger partial charge in [-0.1, -0.05) is 0 Å². The van der Waals surface area contributed by atoms with Crippen LogP contribution in [0.1, 0.15) is 19.3 Å². The Balaban J connectivity index is 1.96. The molecule has 0 aromatic rings. The quantitative estimate of drug-likeness (QED) is 0.595. The van der Waals surface area contributed by atoms with Crippen LogP contribution >= 0.6 is 0 Å². The van der Waals surface area contributed by atoms with Gasteiger partial charge in [0, 0.05) is 6.04 Å². The first kappa shape index (κ1) is 7.03. The minimum absolute atomic E-state index is 0.830. The molecule has 2 heteroatoms. The van der Waals surface area contributed by atoms with E-state index < -0.39 is 0 Å². The van der Waals surface area contributed by atoms with E-state index in [2.05, 4.69) is 11.9 Å². The van der Waals surface area contributed by atoms with Crippen molar-refractivity contribution in [1.29, 1.82) is 0 Å². The highest BCUT2D eigenvalue weighted by atomic mass is 15.1. The van der Waals surface area contributed by atoms with Crippen molar-refractivity contribution in [2.75, 3.05) is 20.1 Å². The van der Waals surface area contributed by atoms with Gasteiger partial charge in [0.25, 0.3) is 0 Å². The molecule has 0 radical (unpaired) electrons. The molecule has 0 spiro atoms. The second kappa shape index (κ2) is 3.18. The van der Waals surface area contributed by atoms with Crippen LogP contribution in [-0.2, 0) is 0 Å². The molecular weight excluding hydrogens is 112 g/mol. The topological polar surface area (TPSA) is 29.3 Å². The van der Waals surface area contributed by atoms with Crippen molar-refractivity contribution in [1.82, 2.24) is 4.90 Å². The van der Waals surface area contributed by atoms with Gasteiger partial charge in [0.05, 0.1) is 0 Å². The third kappa shape index (κ3) is 2.33. The average molecular weight is 128 g/mol. The molecule has 54 valence electrons. The van der Waals surface area contributed by atoms with E-state index in [0.29, 0.717) is 0 Å². The summed E-state index contributed by atoms with van der Waals surface area (Å²) >= 11 is 0. The summed E-state index contributed by atoms with van der Waals surface area (Å²) in [6, 6.07) is 0.900. The summed E-state index contributed by atoms with van der Waals surface area (Å²) in [6.07, 6.45) is 3.95. The van der Waals surface area contributed by atoms with Gasteiger partial charge in [-0.2, -0.15) is 0 Å². The van der Waals surface area contributed by atoms with Crippen molar-refractivity contribution < 1.29 is 0 Å². The van der Waals surface area contributed by atoms with Crippen molar-refractivity contribution in [3.8, 4) is 0 Å². The Hall–Kier alpha value is -0.0800. The fourth-order valence-corrected chi connectivity index (χ4v) is 1.04. The minimum atomic E-state index is 0.830. The highest BCUT2D eigenvalue weighted by Gasteiger charge is 2.24. The number of hydrogen-bond acceptors (Lipinski definition) is 2. The van der Waals surface area contributed by atoms with Crippen molar-refractivity contribution in [3.05, 3.63) is 0 Å². The smallest absolute Gasteiger partial charge is 0.00933 e. The largest absolute Gasteiger partial charge is 0.330 e. The predicted molar refractivity (Wildman–Crippen MR) is 39.3 cm³/mol. The van der Waals surface area contributed by atoms with Crippen LogP contribution in [0.3, 0.4) is 0 Å². The summed E-state index contributed by atoms with van der Waals surface area (Å²) in [6.45, 7) is 2.01. The maximum absolute atomic E-state index is 5.37. The molecule has 1 fully saturated rings. The Kier molecular flexibility index (Phi) is 2.49. The van der Waals surface area contributed by atoms with Gasteiger partial charge in [0.2, 0.25) is 0 Å². The molecule has 0 unspecified atom stereocenters. The minimum Gasteiger partial charge on any atom is -0.330 e. The van der Waals surface area contributed by atoms with E-state index in [9.17, 15) is 0 Å². The molecule has 1 aliphatic carbocycles. The van der Waals surface area contributed by atoms with E-state index in [1.165, 1.54) is 19.4 Å². The Morgan fingerprint density at radius 3 is 2.67 bits per heavy atom. The van der Waals surface area contributed by atoms with E-state index >= 15 is 0 Å². The summed E-state index contributed by atoms with van der Waals surface area (Å²) in [5.41, 5.74) is 5.37.